The summed E-state index contributed by atoms with van der Waals surface area (Å²) < 4.78 is 11.6. The molecule has 3 heterocycles. The van der Waals surface area contributed by atoms with E-state index in [1.807, 2.05) is 47.4 Å². The molecule has 4 rings (SSSR count). The second-order valence-corrected chi connectivity index (χ2v) is 7.61. The van der Waals surface area contributed by atoms with Gasteiger partial charge < -0.3 is 14.4 Å². The van der Waals surface area contributed by atoms with Crippen LogP contribution in [0.4, 0.5) is 0 Å². The predicted octanol–water partition coefficient (Wildman–Crippen LogP) is 2.17. The van der Waals surface area contributed by atoms with E-state index in [1.54, 1.807) is 0 Å². The molecule has 4 atom stereocenters. The van der Waals surface area contributed by atoms with Crippen LogP contribution in [0.2, 0.25) is 0 Å². The average molecular weight is 341 g/mol. The standard InChI is InChI=1S/C20H23NO4/c1-13(2)10-21-12-20-9-8-15(25-20)16(17(20)18(21)22)19(23)24-11-14-6-4-3-5-7-14/h3-9,13,15-17H,10-12H2,1-2H3/t15-,16?,17+,20-/m1/s1. The van der Waals surface area contributed by atoms with Crippen LogP contribution in [0.1, 0.15) is 19.4 Å². The molecule has 1 amide bonds. The van der Waals surface area contributed by atoms with Crippen molar-refractivity contribution < 1.29 is 19.1 Å². The Hall–Kier alpha value is -2.14. The normalized spacial score (nSPS) is 32.5. The highest BCUT2D eigenvalue weighted by Gasteiger charge is 2.67. The molecule has 2 fully saturated rings. The second kappa shape index (κ2) is 5.99. The van der Waals surface area contributed by atoms with Crippen LogP contribution in [0.5, 0.6) is 0 Å². The maximum Gasteiger partial charge on any atom is 0.313 e. The van der Waals surface area contributed by atoms with E-state index in [2.05, 4.69) is 13.8 Å². The summed E-state index contributed by atoms with van der Waals surface area (Å²) in [6.45, 7) is 5.60. The van der Waals surface area contributed by atoms with Crippen molar-refractivity contribution in [1.82, 2.24) is 4.90 Å². The van der Waals surface area contributed by atoms with E-state index in [0.29, 0.717) is 19.0 Å². The van der Waals surface area contributed by atoms with Gasteiger partial charge in [-0.2, -0.15) is 0 Å². The maximum absolute atomic E-state index is 12.9. The SMILES string of the molecule is CC(C)CN1C[C@@]23C=C[C@@H](O2)C(C(=O)OCc2ccccc2)[C@H]3C1=O. The summed E-state index contributed by atoms with van der Waals surface area (Å²) in [6.07, 6.45) is 3.54. The first-order valence-corrected chi connectivity index (χ1v) is 8.87. The molecule has 5 heteroatoms. The Morgan fingerprint density at radius 3 is 2.84 bits per heavy atom. The fraction of sp³-hybridized carbons (Fsp3) is 0.500. The predicted molar refractivity (Wildman–Crippen MR) is 91.4 cm³/mol. The Labute approximate surface area is 147 Å². The van der Waals surface area contributed by atoms with Crippen LogP contribution in [0.3, 0.4) is 0 Å². The summed E-state index contributed by atoms with van der Waals surface area (Å²) >= 11 is 0. The number of rotatable bonds is 5. The number of esters is 1. The van der Waals surface area contributed by atoms with Crippen molar-refractivity contribution in [2.75, 3.05) is 13.1 Å². The molecule has 1 unspecified atom stereocenters. The molecule has 0 N–H and O–H groups in total. The van der Waals surface area contributed by atoms with Crippen molar-refractivity contribution in [3.8, 4) is 0 Å². The molecule has 3 aliphatic rings. The lowest BCUT2D eigenvalue weighted by Gasteiger charge is -2.23. The molecule has 132 valence electrons. The largest absolute Gasteiger partial charge is 0.460 e. The monoisotopic (exact) mass is 341 g/mol. The number of hydrogen-bond acceptors (Lipinski definition) is 4. The van der Waals surface area contributed by atoms with Crippen LogP contribution in [0, 0.1) is 17.8 Å². The van der Waals surface area contributed by atoms with Crippen molar-refractivity contribution in [1.29, 1.82) is 0 Å². The highest BCUT2D eigenvalue weighted by atomic mass is 16.6. The molecule has 0 radical (unpaired) electrons. The number of amides is 1. The number of carbonyl (C=O) groups is 2. The van der Waals surface area contributed by atoms with Gasteiger partial charge in [-0.1, -0.05) is 56.3 Å². The number of fused-ring (bicyclic) bond motifs is 1. The minimum atomic E-state index is -0.646. The van der Waals surface area contributed by atoms with E-state index in [9.17, 15) is 9.59 Å². The zero-order valence-electron chi connectivity index (χ0n) is 14.6. The number of likely N-dealkylation sites (tertiary alicyclic amines) is 1. The Morgan fingerprint density at radius 1 is 1.36 bits per heavy atom. The summed E-state index contributed by atoms with van der Waals surface area (Å²) in [4.78, 5) is 27.4. The van der Waals surface area contributed by atoms with E-state index in [0.717, 1.165) is 5.56 Å². The first-order chi connectivity index (χ1) is 12.0. The Kier molecular flexibility index (Phi) is 3.91. The minimum Gasteiger partial charge on any atom is -0.460 e. The average Bonchev–Trinajstić information content (AvgIpc) is 3.22. The first kappa shape index (κ1) is 16.3. The van der Waals surface area contributed by atoms with Gasteiger partial charge in [0.25, 0.3) is 0 Å². The van der Waals surface area contributed by atoms with Crippen LogP contribution in [-0.2, 0) is 25.7 Å². The number of benzene rings is 1. The highest BCUT2D eigenvalue weighted by Crippen LogP contribution is 2.52. The van der Waals surface area contributed by atoms with Crippen molar-refractivity contribution in [2.24, 2.45) is 17.8 Å². The van der Waals surface area contributed by atoms with Gasteiger partial charge in [0.2, 0.25) is 5.91 Å². The van der Waals surface area contributed by atoms with Gasteiger partial charge >= 0.3 is 5.97 Å². The fourth-order valence-electron chi connectivity index (χ4n) is 4.27. The lowest BCUT2D eigenvalue weighted by atomic mass is 9.77. The molecule has 1 aromatic carbocycles. The third-order valence-corrected chi connectivity index (χ3v) is 5.26. The summed E-state index contributed by atoms with van der Waals surface area (Å²) in [5, 5.41) is 0. The van der Waals surface area contributed by atoms with Crippen LogP contribution in [0.15, 0.2) is 42.5 Å². The molecule has 0 aromatic heterocycles. The van der Waals surface area contributed by atoms with Crippen LogP contribution in [0.25, 0.3) is 0 Å². The van der Waals surface area contributed by atoms with E-state index < -0.39 is 17.4 Å². The molecule has 2 bridgehead atoms. The first-order valence-electron chi connectivity index (χ1n) is 8.87. The van der Waals surface area contributed by atoms with Crippen molar-refractivity contribution in [2.45, 2.75) is 32.2 Å². The molecular weight excluding hydrogens is 318 g/mol. The van der Waals surface area contributed by atoms with Gasteiger partial charge in [-0.15, -0.1) is 0 Å². The smallest absolute Gasteiger partial charge is 0.313 e. The highest BCUT2D eigenvalue weighted by molar-refractivity contribution is 5.91. The lowest BCUT2D eigenvalue weighted by molar-refractivity contribution is -0.155. The van der Waals surface area contributed by atoms with Gasteiger partial charge in [0.1, 0.15) is 18.1 Å². The molecule has 25 heavy (non-hydrogen) atoms. The van der Waals surface area contributed by atoms with Gasteiger partial charge in [0.15, 0.2) is 0 Å². The Morgan fingerprint density at radius 2 is 2.12 bits per heavy atom. The van der Waals surface area contributed by atoms with Gasteiger partial charge in [-0.3, -0.25) is 9.59 Å². The molecular formula is C20H23NO4. The van der Waals surface area contributed by atoms with Crippen molar-refractivity contribution in [3.05, 3.63) is 48.0 Å². The quantitative estimate of drug-likeness (QED) is 0.608. The summed E-state index contributed by atoms with van der Waals surface area (Å²) in [6, 6.07) is 9.57. The molecule has 1 spiro atoms. The number of hydrogen-bond donors (Lipinski definition) is 0. The molecule has 0 saturated carbocycles. The molecule has 3 aliphatic heterocycles. The molecule has 0 aliphatic carbocycles. The Balaban J connectivity index is 1.50. The van der Waals surface area contributed by atoms with Crippen LogP contribution >= 0.6 is 0 Å². The van der Waals surface area contributed by atoms with Crippen molar-refractivity contribution in [3.63, 3.8) is 0 Å². The van der Waals surface area contributed by atoms with E-state index in [1.165, 1.54) is 0 Å². The summed E-state index contributed by atoms with van der Waals surface area (Å²) in [5.74, 6) is -0.946. The maximum atomic E-state index is 12.9. The third kappa shape index (κ3) is 2.67. The number of ether oxygens (including phenoxy) is 2. The topological polar surface area (TPSA) is 55.8 Å². The lowest BCUT2D eigenvalue weighted by Crippen LogP contribution is -2.40. The molecule has 5 nitrogen and oxygen atoms in total. The van der Waals surface area contributed by atoms with E-state index in [-0.39, 0.29) is 24.6 Å². The van der Waals surface area contributed by atoms with E-state index >= 15 is 0 Å². The number of nitrogens with zero attached hydrogens (tertiary/aromatic N) is 1. The van der Waals surface area contributed by atoms with E-state index in [4.69, 9.17) is 9.47 Å². The van der Waals surface area contributed by atoms with Gasteiger partial charge in [0, 0.05) is 6.54 Å². The minimum absolute atomic E-state index is 0.0159. The second-order valence-electron chi connectivity index (χ2n) is 7.61. The van der Waals surface area contributed by atoms with Gasteiger partial charge in [-0.05, 0) is 11.5 Å². The number of carbonyl (C=O) groups excluding carboxylic acids is 2. The van der Waals surface area contributed by atoms with Gasteiger partial charge in [-0.25, -0.2) is 0 Å². The van der Waals surface area contributed by atoms with Gasteiger partial charge in [0.05, 0.1) is 18.6 Å². The van der Waals surface area contributed by atoms with Crippen LogP contribution in [-0.4, -0.2) is 41.6 Å². The van der Waals surface area contributed by atoms with Crippen molar-refractivity contribution >= 4 is 11.9 Å². The summed E-state index contributed by atoms with van der Waals surface area (Å²) in [5.41, 5.74) is 0.289. The zero-order valence-corrected chi connectivity index (χ0v) is 14.6. The molecule has 2 saturated heterocycles. The summed E-state index contributed by atoms with van der Waals surface area (Å²) in [7, 11) is 0. The molecule has 1 aromatic rings. The van der Waals surface area contributed by atoms with Crippen LogP contribution < -0.4 is 0 Å². The fourth-order valence-corrected chi connectivity index (χ4v) is 4.27. The third-order valence-electron chi connectivity index (χ3n) is 5.26. The Bertz CT molecular complexity index is 714. The zero-order chi connectivity index (χ0) is 17.6.